The van der Waals surface area contributed by atoms with Crippen LogP contribution in [0.15, 0.2) is 60.8 Å². The fourth-order valence-electron chi connectivity index (χ4n) is 2.94. The second-order valence-corrected chi connectivity index (χ2v) is 5.60. The molecule has 6 nitrogen and oxygen atoms in total. The van der Waals surface area contributed by atoms with Crippen molar-refractivity contribution in [3.05, 3.63) is 66.4 Å². The highest BCUT2D eigenvalue weighted by molar-refractivity contribution is 6.03. The van der Waals surface area contributed by atoms with E-state index in [2.05, 4.69) is 15.0 Å². The maximum absolute atomic E-state index is 11.8. The minimum absolute atomic E-state index is 0.135. The number of nitrogen functional groups attached to an aromatic ring is 1. The first-order valence-corrected chi connectivity index (χ1v) is 7.67. The fourth-order valence-corrected chi connectivity index (χ4v) is 2.94. The zero-order valence-corrected chi connectivity index (χ0v) is 13.1. The zero-order valence-electron chi connectivity index (χ0n) is 13.1. The number of fused-ring (bicyclic) bond motifs is 1. The number of nitrogens with zero attached hydrogens (tertiary/aromatic N) is 2. The molecular weight excluding hydrogens is 316 g/mol. The van der Waals surface area contributed by atoms with Gasteiger partial charge in [-0.1, -0.05) is 42.5 Å². The quantitative estimate of drug-likeness (QED) is 0.532. The van der Waals surface area contributed by atoms with Crippen LogP contribution in [0.1, 0.15) is 10.4 Å². The van der Waals surface area contributed by atoms with Crippen molar-refractivity contribution in [3.8, 4) is 22.6 Å². The summed E-state index contributed by atoms with van der Waals surface area (Å²) in [6, 6.07) is 16.9. The molecule has 0 saturated carbocycles. The van der Waals surface area contributed by atoms with E-state index in [9.17, 15) is 9.90 Å². The van der Waals surface area contributed by atoms with Gasteiger partial charge in [-0.3, -0.25) is 0 Å². The number of aromatic nitrogens is 3. The summed E-state index contributed by atoms with van der Waals surface area (Å²) in [4.78, 5) is 23.0. The first-order chi connectivity index (χ1) is 12.1. The van der Waals surface area contributed by atoms with Gasteiger partial charge in [0.05, 0.1) is 22.6 Å². The minimum Gasteiger partial charge on any atom is -0.478 e. The Kier molecular flexibility index (Phi) is 3.43. The van der Waals surface area contributed by atoms with E-state index in [4.69, 9.17) is 5.73 Å². The molecule has 0 bridgehead atoms. The first kappa shape index (κ1) is 14.9. The summed E-state index contributed by atoms with van der Waals surface area (Å²) in [6.07, 6.45) is 1.54. The third-order valence-corrected chi connectivity index (χ3v) is 4.06. The fraction of sp³-hybridized carbons (Fsp3) is 0. The summed E-state index contributed by atoms with van der Waals surface area (Å²) in [7, 11) is 0. The molecule has 4 aromatic rings. The Labute approximate surface area is 143 Å². The predicted molar refractivity (Wildman–Crippen MR) is 96.1 cm³/mol. The largest absolute Gasteiger partial charge is 0.478 e. The molecule has 0 amide bonds. The van der Waals surface area contributed by atoms with Gasteiger partial charge in [-0.2, -0.15) is 0 Å². The van der Waals surface area contributed by atoms with E-state index in [-0.39, 0.29) is 11.5 Å². The second-order valence-electron chi connectivity index (χ2n) is 5.60. The van der Waals surface area contributed by atoms with Crippen LogP contribution in [0.2, 0.25) is 0 Å². The number of carboxylic acid groups (broad SMARTS) is 1. The average Bonchev–Trinajstić information content (AvgIpc) is 3.07. The van der Waals surface area contributed by atoms with E-state index in [1.807, 2.05) is 42.5 Å². The van der Waals surface area contributed by atoms with Crippen molar-refractivity contribution >= 4 is 22.7 Å². The number of carboxylic acids is 1. The molecule has 2 heterocycles. The lowest BCUT2D eigenvalue weighted by Gasteiger charge is -2.06. The van der Waals surface area contributed by atoms with E-state index < -0.39 is 5.97 Å². The lowest BCUT2D eigenvalue weighted by molar-refractivity contribution is 0.0698. The highest BCUT2D eigenvalue weighted by Gasteiger charge is 2.19. The molecule has 2 aromatic heterocycles. The molecule has 0 radical (unpaired) electrons. The van der Waals surface area contributed by atoms with E-state index in [0.717, 1.165) is 16.3 Å². The van der Waals surface area contributed by atoms with E-state index in [0.29, 0.717) is 17.1 Å². The molecule has 122 valence electrons. The number of H-pyrrole nitrogens is 1. The lowest BCUT2D eigenvalue weighted by atomic mass is 10.00. The van der Waals surface area contributed by atoms with E-state index in [1.165, 1.54) is 6.20 Å². The SMILES string of the molecule is Nc1nccc(-c2cc(C(=O)O)c(-c3cccc4ccccc34)[nH]2)n1. The summed E-state index contributed by atoms with van der Waals surface area (Å²) in [5.74, 6) is -0.872. The van der Waals surface area contributed by atoms with E-state index >= 15 is 0 Å². The molecular formula is C19H14N4O2. The van der Waals surface area contributed by atoms with Crippen molar-refractivity contribution in [2.24, 2.45) is 0 Å². The number of aromatic carboxylic acids is 1. The number of rotatable bonds is 3. The lowest BCUT2D eigenvalue weighted by Crippen LogP contribution is -1.97. The monoisotopic (exact) mass is 330 g/mol. The summed E-state index contributed by atoms with van der Waals surface area (Å²) in [5.41, 5.74) is 8.30. The molecule has 0 unspecified atom stereocenters. The Morgan fingerprint density at radius 1 is 1.08 bits per heavy atom. The Hall–Kier alpha value is -3.67. The van der Waals surface area contributed by atoms with E-state index in [1.54, 1.807) is 12.1 Å². The summed E-state index contributed by atoms with van der Waals surface area (Å²) >= 11 is 0. The van der Waals surface area contributed by atoms with Crippen LogP contribution in [0.3, 0.4) is 0 Å². The average molecular weight is 330 g/mol. The molecule has 0 saturated heterocycles. The maximum Gasteiger partial charge on any atom is 0.337 e. The number of carbonyl (C=O) groups is 1. The summed E-state index contributed by atoms with van der Waals surface area (Å²) in [5, 5.41) is 11.7. The van der Waals surface area contributed by atoms with Gasteiger partial charge < -0.3 is 15.8 Å². The van der Waals surface area contributed by atoms with Crippen molar-refractivity contribution in [2.75, 3.05) is 5.73 Å². The molecule has 0 spiro atoms. The van der Waals surface area contributed by atoms with Crippen molar-refractivity contribution in [1.29, 1.82) is 0 Å². The van der Waals surface area contributed by atoms with Gasteiger partial charge in [0, 0.05) is 11.8 Å². The van der Waals surface area contributed by atoms with Crippen molar-refractivity contribution < 1.29 is 9.90 Å². The molecule has 0 aliphatic rings. The maximum atomic E-state index is 11.8. The van der Waals surface area contributed by atoms with Crippen molar-refractivity contribution in [3.63, 3.8) is 0 Å². The highest BCUT2D eigenvalue weighted by atomic mass is 16.4. The number of nitrogens with one attached hydrogen (secondary N) is 1. The molecule has 2 aromatic carbocycles. The molecule has 0 atom stereocenters. The Bertz CT molecular complexity index is 1100. The molecule has 25 heavy (non-hydrogen) atoms. The van der Waals surface area contributed by atoms with Gasteiger partial charge >= 0.3 is 5.97 Å². The minimum atomic E-state index is -1.01. The summed E-state index contributed by atoms with van der Waals surface area (Å²) < 4.78 is 0. The van der Waals surface area contributed by atoms with Crippen LogP contribution in [0.4, 0.5) is 5.95 Å². The van der Waals surface area contributed by atoms with Gasteiger partial charge in [0.2, 0.25) is 5.95 Å². The number of hydrogen-bond donors (Lipinski definition) is 3. The van der Waals surface area contributed by atoms with Gasteiger partial charge in [-0.05, 0) is 22.9 Å². The van der Waals surface area contributed by atoms with Gasteiger partial charge in [0.1, 0.15) is 0 Å². The molecule has 0 aliphatic heterocycles. The highest BCUT2D eigenvalue weighted by Crippen LogP contribution is 2.33. The molecule has 4 rings (SSSR count). The standard InChI is InChI=1S/C19H14N4O2/c20-19-21-9-8-15(23-19)16-10-14(18(24)25)17(22-16)13-7-3-5-11-4-1-2-6-12(11)13/h1-10,22H,(H,24,25)(H2,20,21,23). The Balaban J connectivity index is 1.96. The van der Waals surface area contributed by atoms with Gasteiger partial charge in [-0.15, -0.1) is 0 Å². The third kappa shape index (κ3) is 2.59. The zero-order chi connectivity index (χ0) is 17.4. The normalized spacial score (nSPS) is 10.9. The van der Waals surface area contributed by atoms with Crippen LogP contribution in [0.25, 0.3) is 33.4 Å². The molecule has 0 fully saturated rings. The Morgan fingerprint density at radius 3 is 2.68 bits per heavy atom. The summed E-state index contributed by atoms with van der Waals surface area (Å²) in [6.45, 7) is 0. The van der Waals surface area contributed by atoms with Crippen LogP contribution in [-0.2, 0) is 0 Å². The Morgan fingerprint density at radius 2 is 1.88 bits per heavy atom. The second kappa shape index (κ2) is 5.76. The molecule has 0 aliphatic carbocycles. The van der Waals surface area contributed by atoms with Crippen LogP contribution < -0.4 is 5.73 Å². The number of nitrogens with two attached hydrogens (primary N) is 1. The van der Waals surface area contributed by atoms with Crippen LogP contribution in [0, 0.1) is 0 Å². The number of aromatic amines is 1. The predicted octanol–water partition coefficient (Wildman–Crippen LogP) is 3.57. The van der Waals surface area contributed by atoms with Gasteiger partial charge in [0.25, 0.3) is 0 Å². The van der Waals surface area contributed by atoms with Crippen molar-refractivity contribution in [1.82, 2.24) is 15.0 Å². The third-order valence-electron chi connectivity index (χ3n) is 4.06. The van der Waals surface area contributed by atoms with Gasteiger partial charge in [-0.25, -0.2) is 14.8 Å². The van der Waals surface area contributed by atoms with Crippen LogP contribution >= 0.6 is 0 Å². The van der Waals surface area contributed by atoms with Crippen molar-refractivity contribution in [2.45, 2.75) is 0 Å². The number of hydrogen-bond acceptors (Lipinski definition) is 4. The van der Waals surface area contributed by atoms with Gasteiger partial charge in [0.15, 0.2) is 0 Å². The molecule has 4 N–H and O–H groups in total. The van der Waals surface area contributed by atoms with Crippen LogP contribution in [-0.4, -0.2) is 26.0 Å². The number of benzene rings is 2. The van der Waals surface area contributed by atoms with Crippen LogP contribution in [0.5, 0.6) is 0 Å². The smallest absolute Gasteiger partial charge is 0.337 e. The number of anilines is 1. The first-order valence-electron chi connectivity index (χ1n) is 7.67. The topological polar surface area (TPSA) is 105 Å². The molecule has 6 heteroatoms.